The first-order chi connectivity index (χ1) is 7.43. The Bertz CT molecular complexity index is 400. The van der Waals surface area contributed by atoms with E-state index in [2.05, 4.69) is 5.32 Å². The zero-order chi connectivity index (χ0) is 12.3. The molecule has 1 heterocycles. The van der Waals surface area contributed by atoms with Gasteiger partial charge in [-0.05, 0) is 37.8 Å². The predicted octanol–water partition coefficient (Wildman–Crippen LogP) is 1.90. The molecule has 0 saturated carbocycles. The molecular weight excluding hydrogens is 226 g/mol. The maximum Gasteiger partial charge on any atom is 0.308 e. The summed E-state index contributed by atoms with van der Waals surface area (Å²) < 4.78 is 0. The fraction of sp³-hybridized carbons (Fsp3) is 0.455. The highest BCUT2D eigenvalue weighted by Gasteiger charge is 2.22. The number of carboxylic acids is 1. The highest BCUT2D eigenvalue weighted by Crippen LogP contribution is 2.16. The quantitative estimate of drug-likeness (QED) is 0.846. The standard InChI is InChI=1S/C11H15NO3S/c1-6-4-5-16-9(6)10(13)12-8(3)7(2)11(14)15/h4-5,7-8H,1-3H3,(H,12,13)(H,14,15). The molecule has 1 aromatic heterocycles. The smallest absolute Gasteiger partial charge is 0.308 e. The molecule has 2 unspecified atom stereocenters. The minimum atomic E-state index is -0.907. The van der Waals surface area contributed by atoms with Crippen LogP contribution in [0.15, 0.2) is 11.4 Å². The lowest BCUT2D eigenvalue weighted by molar-refractivity contribution is -0.141. The van der Waals surface area contributed by atoms with Crippen LogP contribution >= 0.6 is 11.3 Å². The minimum Gasteiger partial charge on any atom is -0.481 e. The van der Waals surface area contributed by atoms with Crippen LogP contribution in [0.3, 0.4) is 0 Å². The average Bonchev–Trinajstić information content (AvgIpc) is 2.62. The third-order valence-electron chi connectivity index (χ3n) is 2.57. The zero-order valence-corrected chi connectivity index (χ0v) is 10.3. The van der Waals surface area contributed by atoms with Crippen LogP contribution in [0.25, 0.3) is 0 Å². The first kappa shape index (κ1) is 12.7. The molecular formula is C11H15NO3S. The lowest BCUT2D eigenvalue weighted by Crippen LogP contribution is -2.39. The molecule has 0 aliphatic carbocycles. The van der Waals surface area contributed by atoms with Crippen molar-refractivity contribution < 1.29 is 14.7 Å². The number of aryl methyl sites for hydroxylation is 1. The summed E-state index contributed by atoms with van der Waals surface area (Å²) in [4.78, 5) is 23.1. The van der Waals surface area contributed by atoms with Crippen LogP contribution < -0.4 is 5.32 Å². The summed E-state index contributed by atoms with van der Waals surface area (Å²) in [5.74, 6) is -1.70. The SMILES string of the molecule is Cc1ccsc1C(=O)NC(C)C(C)C(=O)O. The Labute approximate surface area is 98.3 Å². The van der Waals surface area contributed by atoms with Crippen LogP contribution in [0.1, 0.15) is 29.1 Å². The number of hydrogen-bond donors (Lipinski definition) is 2. The molecule has 0 spiro atoms. The number of carbonyl (C=O) groups excluding carboxylic acids is 1. The van der Waals surface area contributed by atoms with Crippen molar-refractivity contribution >= 4 is 23.2 Å². The monoisotopic (exact) mass is 241 g/mol. The molecule has 1 aromatic rings. The first-order valence-electron chi connectivity index (χ1n) is 5.01. The maximum atomic E-state index is 11.8. The second-order valence-corrected chi connectivity index (χ2v) is 4.74. The maximum absolute atomic E-state index is 11.8. The van der Waals surface area contributed by atoms with E-state index in [-0.39, 0.29) is 11.9 Å². The Balaban J connectivity index is 2.65. The molecule has 0 aliphatic rings. The van der Waals surface area contributed by atoms with Crippen molar-refractivity contribution in [3.8, 4) is 0 Å². The molecule has 5 heteroatoms. The molecule has 0 bridgehead atoms. The second kappa shape index (κ2) is 5.12. The topological polar surface area (TPSA) is 66.4 Å². The molecule has 2 atom stereocenters. The second-order valence-electron chi connectivity index (χ2n) is 3.82. The van der Waals surface area contributed by atoms with Crippen LogP contribution in [0.4, 0.5) is 0 Å². The third-order valence-corrected chi connectivity index (χ3v) is 3.58. The fourth-order valence-electron chi connectivity index (χ4n) is 1.22. The third kappa shape index (κ3) is 2.82. The lowest BCUT2D eigenvalue weighted by atomic mass is 10.0. The Morgan fingerprint density at radius 3 is 2.50 bits per heavy atom. The number of thiophene rings is 1. The zero-order valence-electron chi connectivity index (χ0n) is 9.48. The number of hydrogen-bond acceptors (Lipinski definition) is 3. The van der Waals surface area contributed by atoms with Gasteiger partial charge in [0.25, 0.3) is 5.91 Å². The molecule has 88 valence electrons. The van der Waals surface area contributed by atoms with Gasteiger partial charge < -0.3 is 10.4 Å². The van der Waals surface area contributed by atoms with Crippen molar-refractivity contribution in [1.29, 1.82) is 0 Å². The van der Waals surface area contributed by atoms with Gasteiger partial charge in [-0.1, -0.05) is 0 Å². The fourth-order valence-corrected chi connectivity index (χ4v) is 2.04. The van der Waals surface area contributed by atoms with E-state index in [0.717, 1.165) is 5.56 Å². The molecule has 0 aliphatic heterocycles. The van der Waals surface area contributed by atoms with Crippen molar-refractivity contribution in [2.45, 2.75) is 26.8 Å². The Kier molecular flexibility index (Phi) is 4.06. The molecule has 0 saturated heterocycles. The van der Waals surface area contributed by atoms with Gasteiger partial charge in [0, 0.05) is 6.04 Å². The van der Waals surface area contributed by atoms with Crippen LogP contribution in [0, 0.1) is 12.8 Å². The van der Waals surface area contributed by atoms with Gasteiger partial charge in [-0.2, -0.15) is 0 Å². The van der Waals surface area contributed by atoms with E-state index in [1.54, 1.807) is 13.8 Å². The summed E-state index contributed by atoms with van der Waals surface area (Å²) in [7, 11) is 0. The Morgan fingerprint density at radius 1 is 1.44 bits per heavy atom. The normalized spacial score (nSPS) is 14.2. The van der Waals surface area contributed by atoms with Crippen LogP contribution in [-0.4, -0.2) is 23.0 Å². The summed E-state index contributed by atoms with van der Waals surface area (Å²) in [6.45, 7) is 5.13. The first-order valence-corrected chi connectivity index (χ1v) is 5.89. The van der Waals surface area contributed by atoms with Crippen LogP contribution in [0.5, 0.6) is 0 Å². The van der Waals surface area contributed by atoms with Crippen molar-refractivity contribution in [2.24, 2.45) is 5.92 Å². The molecule has 0 fully saturated rings. The van der Waals surface area contributed by atoms with E-state index in [0.29, 0.717) is 4.88 Å². The van der Waals surface area contributed by atoms with Crippen LogP contribution in [-0.2, 0) is 4.79 Å². The summed E-state index contributed by atoms with van der Waals surface area (Å²) in [5, 5.41) is 13.3. The van der Waals surface area contributed by atoms with E-state index in [9.17, 15) is 9.59 Å². The van der Waals surface area contributed by atoms with Crippen molar-refractivity contribution in [3.63, 3.8) is 0 Å². The van der Waals surface area contributed by atoms with Gasteiger partial charge in [-0.15, -0.1) is 11.3 Å². The van der Waals surface area contributed by atoms with Crippen molar-refractivity contribution in [3.05, 3.63) is 21.9 Å². The molecule has 2 N–H and O–H groups in total. The van der Waals surface area contributed by atoms with E-state index in [1.807, 2.05) is 18.4 Å². The van der Waals surface area contributed by atoms with Gasteiger partial charge in [0.2, 0.25) is 0 Å². The summed E-state index contributed by atoms with van der Waals surface area (Å²) in [6, 6.07) is 1.48. The molecule has 0 aromatic carbocycles. The predicted molar refractivity (Wildman–Crippen MR) is 62.8 cm³/mol. The number of amides is 1. The van der Waals surface area contributed by atoms with Crippen LogP contribution in [0.2, 0.25) is 0 Å². The number of carboxylic acid groups (broad SMARTS) is 1. The van der Waals surface area contributed by atoms with Gasteiger partial charge in [0.15, 0.2) is 0 Å². The van der Waals surface area contributed by atoms with Crippen molar-refractivity contribution in [1.82, 2.24) is 5.32 Å². The van der Waals surface area contributed by atoms with Gasteiger partial charge in [-0.3, -0.25) is 9.59 Å². The number of carbonyl (C=O) groups is 2. The largest absolute Gasteiger partial charge is 0.481 e. The molecule has 4 nitrogen and oxygen atoms in total. The number of nitrogens with one attached hydrogen (secondary N) is 1. The van der Waals surface area contributed by atoms with E-state index < -0.39 is 11.9 Å². The molecule has 0 radical (unpaired) electrons. The molecule has 1 amide bonds. The highest BCUT2D eigenvalue weighted by molar-refractivity contribution is 7.12. The van der Waals surface area contributed by atoms with E-state index in [4.69, 9.17) is 5.11 Å². The number of aliphatic carboxylic acids is 1. The molecule has 16 heavy (non-hydrogen) atoms. The van der Waals surface area contributed by atoms with E-state index in [1.165, 1.54) is 11.3 Å². The summed E-state index contributed by atoms with van der Waals surface area (Å²) in [6.07, 6.45) is 0. The number of rotatable bonds is 4. The Hall–Kier alpha value is -1.36. The summed E-state index contributed by atoms with van der Waals surface area (Å²) in [5.41, 5.74) is 0.915. The lowest BCUT2D eigenvalue weighted by Gasteiger charge is -2.17. The highest BCUT2D eigenvalue weighted by atomic mass is 32.1. The minimum absolute atomic E-state index is 0.201. The summed E-state index contributed by atoms with van der Waals surface area (Å²) >= 11 is 1.36. The van der Waals surface area contributed by atoms with E-state index >= 15 is 0 Å². The molecule has 1 rings (SSSR count). The average molecular weight is 241 g/mol. The van der Waals surface area contributed by atoms with Gasteiger partial charge in [0.1, 0.15) is 0 Å². The van der Waals surface area contributed by atoms with Gasteiger partial charge >= 0.3 is 5.97 Å². The van der Waals surface area contributed by atoms with Crippen molar-refractivity contribution in [2.75, 3.05) is 0 Å². The van der Waals surface area contributed by atoms with Gasteiger partial charge in [0.05, 0.1) is 10.8 Å². The Morgan fingerprint density at radius 2 is 2.06 bits per heavy atom. The van der Waals surface area contributed by atoms with Gasteiger partial charge in [-0.25, -0.2) is 0 Å².